The van der Waals surface area contributed by atoms with Gasteiger partial charge in [0.2, 0.25) is 0 Å². The third kappa shape index (κ3) is 5.85. The summed E-state index contributed by atoms with van der Waals surface area (Å²) in [5.41, 5.74) is 2.61. The number of ether oxygens (including phenoxy) is 1. The standard InChI is InChI=1S/C15H24O2/c1-13-6-8-14(9-7-13)11-15(12-16)5-3-4-10-17-2/h6-9,15-16H,3-5,10-12H2,1-2H3. The highest BCUT2D eigenvalue weighted by molar-refractivity contribution is 5.21. The van der Waals surface area contributed by atoms with Gasteiger partial charge in [-0.15, -0.1) is 0 Å². The molecule has 1 N–H and O–H groups in total. The van der Waals surface area contributed by atoms with Gasteiger partial charge in [-0.25, -0.2) is 0 Å². The van der Waals surface area contributed by atoms with Crippen molar-refractivity contribution in [1.29, 1.82) is 0 Å². The first kappa shape index (κ1) is 14.2. The van der Waals surface area contributed by atoms with Crippen molar-refractivity contribution in [2.75, 3.05) is 20.3 Å². The topological polar surface area (TPSA) is 29.5 Å². The molecule has 1 unspecified atom stereocenters. The van der Waals surface area contributed by atoms with Crippen LogP contribution in [-0.4, -0.2) is 25.4 Å². The number of rotatable bonds is 8. The normalized spacial score (nSPS) is 12.6. The van der Waals surface area contributed by atoms with E-state index in [2.05, 4.69) is 31.2 Å². The van der Waals surface area contributed by atoms with E-state index in [1.165, 1.54) is 11.1 Å². The maximum atomic E-state index is 9.37. The lowest BCUT2D eigenvalue weighted by molar-refractivity contribution is 0.181. The van der Waals surface area contributed by atoms with Crippen LogP contribution >= 0.6 is 0 Å². The molecule has 0 amide bonds. The van der Waals surface area contributed by atoms with E-state index in [9.17, 15) is 5.11 Å². The van der Waals surface area contributed by atoms with Crippen molar-refractivity contribution in [3.8, 4) is 0 Å². The maximum absolute atomic E-state index is 9.37. The Morgan fingerprint density at radius 3 is 2.47 bits per heavy atom. The Hall–Kier alpha value is -0.860. The molecule has 0 fully saturated rings. The predicted octanol–water partition coefficient (Wildman–Crippen LogP) is 2.96. The lowest BCUT2D eigenvalue weighted by Crippen LogP contribution is -2.10. The summed E-state index contributed by atoms with van der Waals surface area (Å²) in [7, 11) is 1.73. The minimum Gasteiger partial charge on any atom is -0.396 e. The van der Waals surface area contributed by atoms with Crippen LogP contribution in [0.15, 0.2) is 24.3 Å². The molecule has 0 bridgehead atoms. The molecule has 0 saturated carbocycles. The largest absolute Gasteiger partial charge is 0.396 e. The molecule has 17 heavy (non-hydrogen) atoms. The summed E-state index contributed by atoms with van der Waals surface area (Å²) in [5, 5.41) is 9.37. The number of aryl methyl sites for hydroxylation is 1. The molecule has 1 atom stereocenters. The van der Waals surface area contributed by atoms with Gasteiger partial charge < -0.3 is 9.84 Å². The van der Waals surface area contributed by atoms with Gasteiger partial charge in [-0.3, -0.25) is 0 Å². The fourth-order valence-corrected chi connectivity index (χ4v) is 1.99. The summed E-state index contributed by atoms with van der Waals surface area (Å²) in [6, 6.07) is 8.59. The van der Waals surface area contributed by atoms with E-state index in [-0.39, 0.29) is 6.61 Å². The fourth-order valence-electron chi connectivity index (χ4n) is 1.99. The van der Waals surface area contributed by atoms with E-state index in [4.69, 9.17) is 4.74 Å². The quantitative estimate of drug-likeness (QED) is 0.703. The van der Waals surface area contributed by atoms with Gasteiger partial charge in [0.15, 0.2) is 0 Å². The second kappa shape index (κ2) is 8.26. The molecule has 1 rings (SSSR count). The zero-order chi connectivity index (χ0) is 12.5. The van der Waals surface area contributed by atoms with Gasteiger partial charge in [0.05, 0.1) is 0 Å². The van der Waals surface area contributed by atoms with Crippen molar-refractivity contribution in [2.45, 2.75) is 32.6 Å². The first-order valence-electron chi connectivity index (χ1n) is 6.41. The molecule has 1 aromatic rings. The van der Waals surface area contributed by atoms with Crippen molar-refractivity contribution in [3.05, 3.63) is 35.4 Å². The molecule has 0 radical (unpaired) electrons. The molecular formula is C15H24O2. The van der Waals surface area contributed by atoms with Crippen LogP contribution in [0, 0.1) is 12.8 Å². The van der Waals surface area contributed by atoms with E-state index in [0.29, 0.717) is 5.92 Å². The smallest absolute Gasteiger partial charge is 0.0462 e. The van der Waals surface area contributed by atoms with E-state index in [1.54, 1.807) is 7.11 Å². The van der Waals surface area contributed by atoms with Crippen LogP contribution < -0.4 is 0 Å². The van der Waals surface area contributed by atoms with Gasteiger partial charge in [0, 0.05) is 20.3 Å². The van der Waals surface area contributed by atoms with E-state index < -0.39 is 0 Å². The highest BCUT2D eigenvalue weighted by Crippen LogP contribution is 2.15. The Morgan fingerprint density at radius 1 is 1.18 bits per heavy atom. The van der Waals surface area contributed by atoms with Crippen molar-refractivity contribution in [1.82, 2.24) is 0 Å². The molecule has 0 aliphatic carbocycles. The number of unbranched alkanes of at least 4 members (excludes halogenated alkanes) is 1. The van der Waals surface area contributed by atoms with Crippen LogP contribution in [0.5, 0.6) is 0 Å². The Morgan fingerprint density at radius 2 is 1.88 bits per heavy atom. The van der Waals surface area contributed by atoms with Gasteiger partial charge in [-0.2, -0.15) is 0 Å². The number of methoxy groups -OCH3 is 1. The minimum absolute atomic E-state index is 0.279. The van der Waals surface area contributed by atoms with Crippen molar-refractivity contribution < 1.29 is 9.84 Å². The highest BCUT2D eigenvalue weighted by atomic mass is 16.5. The van der Waals surface area contributed by atoms with Crippen LogP contribution in [0.1, 0.15) is 30.4 Å². The third-order valence-corrected chi connectivity index (χ3v) is 3.11. The summed E-state index contributed by atoms with van der Waals surface area (Å²) in [6.07, 6.45) is 4.27. The van der Waals surface area contributed by atoms with Gasteiger partial charge >= 0.3 is 0 Å². The molecule has 2 nitrogen and oxygen atoms in total. The number of aliphatic hydroxyl groups excluding tert-OH is 1. The first-order valence-corrected chi connectivity index (χ1v) is 6.41. The van der Waals surface area contributed by atoms with Crippen LogP contribution in [-0.2, 0) is 11.2 Å². The molecular weight excluding hydrogens is 212 g/mol. The summed E-state index contributed by atoms with van der Waals surface area (Å²) < 4.78 is 5.03. The Balaban J connectivity index is 2.33. The van der Waals surface area contributed by atoms with Crippen LogP contribution in [0.2, 0.25) is 0 Å². The summed E-state index contributed by atoms with van der Waals surface area (Å²) >= 11 is 0. The van der Waals surface area contributed by atoms with Crippen molar-refractivity contribution >= 4 is 0 Å². The second-order valence-electron chi connectivity index (χ2n) is 4.73. The second-order valence-corrected chi connectivity index (χ2v) is 4.73. The number of benzene rings is 1. The van der Waals surface area contributed by atoms with Gasteiger partial charge in [-0.05, 0) is 37.7 Å². The lowest BCUT2D eigenvalue weighted by atomic mass is 9.94. The lowest BCUT2D eigenvalue weighted by Gasteiger charge is -2.14. The SMILES string of the molecule is COCCCCC(CO)Cc1ccc(C)cc1. The number of hydrogen-bond acceptors (Lipinski definition) is 2. The van der Waals surface area contributed by atoms with Crippen molar-refractivity contribution in [3.63, 3.8) is 0 Å². The Kier molecular flexibility index (Phi) is 6.90. The fraction of sp³-hybridized carbons (Fsp3) is 0.600. The van der Waals surface area contributed by atoms with Crippen LogP contribution in [0.3, 0.4) is 0 Å². The zero-order valence-corrected chi connectivity index (χ0v) is 11.0. The summed E-state index contributed by atoms with van der Waals surface area (Å²) in [6.45, 7) is 3.20. The van der Waals surface area contributed by atoms with E-state index in [1.807, 2.05) is 0 Å². The third-order valence-electron chi connectivity index (χ3n) is 3.11. The van der Waals surface area contributed by atoms with Gasteiger partial charge in [0.1, 0.15) is 0 Å². The molecule has 0 saturated heterocycles. The molecule has 1 aromatic carbocycles. The molecule has 0 heterocycles. The van der Waals surface area contributed by atoms with Gasteiger partial charge in [0.25, 0.3) is 0 Å². The molecule has 0 spiro atoms. The average molecular weight is 236 g/mol. The molecule has 0 aliphatic rings. The number of aliphatic hydroxyl groups is 1. The van der Waals surface area contributed by atoms with E-state index in [0.717, 1.165) is 32.3 Å². The monoisotopic (exact) mass is 236 g/mol. The Bertz CT molecular complexity index is 292. The maximum Gasteiger partial charge on any atom is 0.0462 e. The zero-order valence-electron chi connectivity index (χ0n) is 11.0. The molecule has 0 aromatic heterocycles. The summed E-state index contributed by atoms with van der Waals surface area (Å²) in [4.78, 5) is 0. The predicted molar refractivity (Wildman–Crippen MR) is 71.2 cm³/mol. The minimum atomic E-state index is 0.279. The molecule has 2 heteroatoms. The Labute approximate surface area is 105 Å². The molecule has 96 valence electrons. The highest BCUT2D eigenvalue weighted by Gasteiger charge is 2.08. The summed E-state index contributed by atoms with van der Waals surface area (Å²) in [5.74, 6) is 0.384. The van der Waals surface area contributed by atoms with Crippen LogP contribution in [0.25, 0.3) is 0 Å². The van der Waals surface area contributed by atoms with Gasteiger partial charge in [-0.1, -0.05) is 36.2 Å². The molecule has 0 aliphatic heterocycles. The first-order chi connectivity index (χ1) is 8.26. The average Bonchev–Trinajstić information content (AvgIpc) is 2.35. The number of hydrogen-bond donors (Lipinski definition) is 1. The van der Waals surface area contributed by atoms with E-state index >= 15 is 0 Å². The van der Waals surface area contributed by atoms with Crippen LogP contribution in [0.4, 0.5) is 0 Å². The van der Waals surface area contributed by atoms with Crippen molar-refractivity contribution in [2.24, 2.45) is 5.92 Å².